The van der Waals surface area contributed by atoms with Crippen molar-refractivity contribution >= 4 is 41.7 Å². The van der Waals surface area contributed by atoms with E-state index in [1.54, 1.807) is 12.1 Å². The van der Waals surface area contributed by atoms with E-state index >= 15 is 0 Å². The van der Waals surface area contributed by atoms with Crippen molar-refractivity contribution in [2.75, 3.05) is 25.4 Å². The average molecular weight is 449 g/mol. The Bertz CT molecular complexity index is 510. The first kappa shape index (κ1) is 20.4. The highest BCUT2D eigenvalue weighted by molar-refractivity contribution is 14.0. The number of hydrogen-bond donors (Lipinski definition) is 2. The van der Waals surface area contributed by atoms with Gasteiger partial charge in [0.2, 0.25) is 0 Å². The Morgan fingerprint density at radius 2 is 2.26 bits per heavy atom. The highest BCUT2D eigenvalue weighted by atomic mass is 127. The van der Waals surface area contributed by atoms with Gasteiger partial charge in [0.1, 0.15) is 5.75 Å². The van der Waals surface area contributed by atoms with Gasteiger partial charge in [-0.3, -0.25) is 0 Å². The fourth-order valence-corrected chi connectivity index (χ4v) is 3.82. The molecule has 1 fully saturated rings. The molecule has 6 heteroatoms. The third kappa shape index (κ3) is 6.41. The lowest BCUT2D eigenvalue weighted by Gasteiger charge is -2.36. The Morgan fingerprint density at radius 1 is 1.48 bits per heavy atom. The lowest BCUT2D eigenvalue weighted by Crippen LogP contribution is -2.49. The van der Waals surface area contributed by atoms with Crippen LogP contribution in [0.5, 0.6) is 5.75 Å². The number of phenolic OH excluding ortho intramolecular Hbond substituents is 1. The predicted molar refractivity (Wildman–Crippen MR) is 111 cm³/mol. The summed E-state index contributed by atoms with van der Waals surface area (Å²) in [5.41, 5.74) is 1.03. The maximum absolute atomic E-state index is 9.55. The molecule has 1 aromatic carbocycles. The number of halogens is 1. The van der Waals surface area contributed by atoms with E-state index in [0.717, 1.165) is 36.9 Å². The second-order valence-corrected chi connectivity index (χ2v) is 7.29. The Balaban J connectivity index is 0.00000264. The third-order valence-electron chi connectivity index (χ3n) is 3.79. The van der Waals surface area contributed by atoms with E-state index in [1.165, 1.54) is 0 Å². The number of nitrogens with one attached hydrogen (secondary N) is 1. The normalized spacial score (nSPS) is 18.7. The Morgan fingerprint density at radius 3 is 2.91 bits per heavy atom. The molecule has 1 unspecified atom stereocenters. The Kier molecular flexibility index (Phi) is 9.12. The van der Waals surface area contributed by atoms with E-state index in [4.69, 9.17) is 4.99 Å². The van der Waals surface area contributed by atoms with Gasteiger partial charge in [-0.05, 0) is 30.5 Å². The molecule has 0 saturated carbocycles. The number of aromatic hydroxyl groups is 1. The zero-order chi connectivity index (χ0) is 15.9. The van der Waals surface area contributed by atoms with Crippen LogP contribution in [0.25, 0.3) is 0 Å². The lowest BCUT2D eigenvalue weighted by atomic mass is 10.1. The van der Waals surface area contributed by atoms with Gasteiger partial charge in [-0.2, -0.15) is 11.8 Å². The molecule has 0 amide bonds. The van der Waals surface area contributed by atoms with Crippen LogP contribution < -0.4 is 5.32 Å². The van der Waals surface area contributed by atoms with Crippen LogP contribution in [-0.2, 0) is 6.54 Å². The minimum absolute atomic E-state index is 0. The van der Waals surface area contributed by atoms with Gasteiger partial charge in [0.15, 0.2) is 5.96 Å². The largest absolute Gasteiger partial charge is 0.508 e. The fourth-order valence-electron chi connectivity index (χ4n) is 2.52. The van der Waals surface area contributed by atoms with Crippen molar-refractivity contribution in [3.05, 3.63) is 29.8 Å². The number of aliphatic imine (C=N–C) groups is 1. The summed E-state index contributed by atoms with van der Waals surface area (Å²) in [5.74, 6) is 3.12. The van der Waals surface area contributed by atoms with Crippen molar-refractivity contribution in [1.29, 1.82) is 0 Å². The summed E-state index contributed by atoms with van der Waals surface area (Å²) in [6.07, 6.45) is 0. The first-order valence-corrected chi connectivity index (χ1v) is 9.07. The quantitative estimate of drug-likeness (QED) is 0.420. The van der Waals surface area contributed by atoms with E-state index in [-0.39, 0.29) is 24.0 Å². The first-order chi connectivity index (χ1) is 10.6. The van der Waals surface area contributed by atoms with Crippen LogP contribution >= 0.6 is 35.7 Å². The van der Waals surface area contributed by atoms with Crippen LogP contribution in [0.3, 0.4) is 0 Å². The molecule has 23 heavy (non-hydrogen) atoms. The summed E-state index contributed by atoms with van der Waals surface area (Å²) >= 11 is 2.07. The maximum atomic E-state index is 9.55. The number of phenols is 1. The monoisotopic (exact) mass is 449 g/mol. The molecule has 0 bridgehead atoms. The molecule has 1 heterocycles. The molecule has 1 atom stereocenters. The zero-order valence-electron chi connectivity index (χ0n) is 14.2. The summed E-state index contributed by atoms with van der Waals surface area (Å²) in [7, 11) is 0. The average Bonchev–Trinajstić information content (AvgIpc) is 2.51. The van der Waals surface area contributed by atoms with Crippen LogP contribution in [0.15, 0.2) is 29.3 Å². The smallest absolute Gasteiger partial charge is 0.194 e. The molecule has 1 aliphatic heterocycles. The van der Waals surface area contributed by atoms with Crippen molar-refractivity contribution in [3.63, 3.8) is 0 Å². The van der Waals surface area contributed by atoms with Crippen LogP contribution in [0.4, 0.5) is 0 Å². The Hall–Kier alpha value is -0.630. The molecular formula is C17H28IN3OS. The summed E-state index contributed by atoms with van der Waals surface area (Å²) in [6, 6.07) is 7.32. The number of benzene rings is 1. The fraction of sp³-hybridized carbons (Fsp3) is 0.588. The van der Waals surface area contributed by atoms with Crippen molar-refractivity contribution < 1.29 is 5.11 Å². The number of guanidine groups is 1. The van der Waals surface area contributed by atoms with Crippen LogP contribution in [0.2, 0.25) is 0 Å². The van der Waals surface area contributed by atoms with Crippen molar-refractivity contribution in [2.24, 2.45) is 10.9 Å². The van der Waals surface area contributed by atoms with Gasteiger partial charge in [0.25, 0.3) is 0 Å². The lowest BCUT2D eigenvalue weighted by molar-refractivity contribution is 0.381. The third-order valence-corrected chi connectivity index (χ3v) is 5.33. The second-order valence-electron chi connectivity index (χ2n) is 5.94. The highest BCUT2D eigenvalue weighted by Crippen LogP contribution is 2.25. The topological polar surface area (TPSA) is 47.9 Å². The molecular weight excluding hydrogens is 421 g/mol. The molecule has 0 spiro atoms. The van der Waals surface area contributed by atoms with Gasteiger partial charge in [-0.25, -0.2) is 4.99 Å². The van der Waals surface area contributed by atoms with E-state index in [0.29, 0.717) is 23.5 Å². The van der Waals surface area contributed by atoms with Crippen LogP contribution in [-0.4, -0.2) is 46.6 Å². The highest BCUT2D eigenvalue weighted by Gasteiger charge is 2.24. The SMILES string of the molecule is CCNC(=NCc1cccc(O)c1)N1CCSC(C(C)C)C1.I. The molecule has 2 rings (SSSR count). The van der Waals surface area contributed by atoms with E-state index in [1.807, 2.05) is 12.1 Å². The number of nitrogens with zero attached hydrogens (tertiary/aromatic N) is 2. The minimum atomic E-state index is 0. The predicted octanol–water partition coefficient (Wildman–Crippen LogP) is 3.55. The number of rotatable bonds is 4. The molecule has 130 valence electrons. The van der Waals surface area contributed by atoms with Gasteiger partial charge in [-0.15, -0.1) is 24.0 Å². The molecule has 0 radical (unpaired) electrons. The molecule has 1 aliphatic rings. The van der Waals surface area contributed by atoms with Crippen LogP contribution in [0, 0.1) is 5.92 Å². The summed E-state index contributed by atoms with van der Waals surface area (Å²) < 4.78 is 0. The zero-order valence-corrected chi connectivity index (χ0v) is 17.3. The minimum Gasteiger partial charge on any atom is -0.508 e. The summed E-state index contributed by atoms with van der Waals surface area (Å²) in [6.45, 7) is 10.2. The van der Waals surface area contributed by atoms with Crippen molar-refractivity contribution in [1.82, 2.24) is 10.2 Å². The van der Waals surface area contributed by atoms with E-state index in [2.05, 4.69) is 42.7 Å². The molecule has 0 aliphatic carbocycles. The van der Waals surface area contributed by atoms with E-state index < -0.39 is 0 Å². The second kappa shape index (κ2) is 10.3. The summed E-state index contributed by atoms with van der Waals surface area (Å²) in [4.78, 5) is 7.12. The Labute approximate surface area is 161 Å². The first-order valence-electron chi connectivity index (χ1n) is 8.03. The molecule has 1 saturated heterocycles. The van der Waals surface area contributed by atoms with Gasteiger partial charge < -0.3 is 15.3 Å². The van der Waals surface area contributed by atoms with Crippen molar-refractivity contribution in [2.45, 2.75) is 32.6 Å². The molecule has 4 nitrogen and oxygen atoms in total. The van der Waals surface area contributed by atoms with E-state index in [9.17, 15) is 5.11 Å². The number of hydrogen-bond acceptors (Lipinski definition) is 3. The van der Waals surface area contributed by atoms with Crippen LogP contribution in [0.1, 0.15) is 26.3 Å². The van der Waals surface area contributed by atoms with Gasteiger partial charge >= 0.3 is 0 Å². The molecule has 0 aromatic heterocycles. The number of thioether (sulfide) groups is 1. The van der Waals surface area contributed by atoms with Crippen molar-refractivity contribution in [3.8, 4) is 5.75 Å². The maximum Gasteiger partial charge on any atom is 0.194 e. The van der Waals surface area contributed by atoms with Gasteiger partial charge in [0, 0.05) is 30.6 Å². The summed E-state index contributed by atoms with van der Waals surface area (Å²) in [5, 5.41) is 13.6. The molecule has 2 N–H and O–H groups in total. The standard InChI is InChI=1S/C17H27N3OS.HI/c1-4-18-17(19-11-14-6-5-7-15(21)10-14)20-8-9-22-16(12-20)13(2)3;/h5-7,10,13,16,21H,4,8-9,11-12H2,1-3H3,(H,18,19);1H. The van der Waals surface area contributed by atoms with Gasteiger partial charge in [0.05, 0.1) is 6.54 Å². The van der Waals surface area contributed by atoms with Gasteiger partial charge in [-0.1, -0.05) is 26.0 Å². The molecule has 1 aromatic rings.